The van der Waals surface area contributed by atoms with Crippen LogP contribution in [0, 0.1) is 0 Å². The lowest BCUT2D eigenvalue weighted by atomic mass is 10.3. The average Bonchev–Trinajstić information content (AvgIpc) is 2.20. The first-order valence-electron chi connectivity index (χ1n) is 3.94. The van der Waals surface area contributed by atoms with Crippen LogP contribution in [0.1, 0.15) is 0 Å². The summed E-state index contributed by atoms with van der Waals surface area (Å²) in [7, 11) is 0. The van der Waals surface area contributed by atoms with Crippen molar-refractivity contribution < 1.29 is 9.59 Å². The van der Waals surface area contributed by atoms with E-state index in [1.807, 2.05) is 0 Å². The number of amides is 1. The first-order valence-corrected chi connectivity index (χ1v) is 4.31. The third-order valence-corrected chi connectivity index (χ3v) is 1.89. The number of hydrogen-bond donors (Lipinski definition) is 2. The summed E-state index contributed by atoms with van der Waals surface area (Å²) in [5.41, 5.74) is 5.42. The monoisotopic (exact) mass is 212 g/mol. The predicted molar refractivity (Wildman–Crippen MR) is 54.1 cm³/mol. The summed E-state index contributed by atoms with van der Waals surface area (Å²) < 4.78 is 0. The second kappa shape index (κ2) is 4.74. The largest absolute Gasteiger partial charge is 0.324 e. The SMILES string of the molecule is NCC(=O)C(=O)Nc1ccccc1Cl. The van der Waals surface area contributed by atoms with Gasteiger partial charge in [-0.05, 0) is 12.1 Å². The number of Topliss-reactive ketones (excluding diaryl/α,β-unsaturated/α-hetero) is 1. The number of hydrogen-bond acceptors (Lipinski definition) is 3. The molecule has 74 valence electrons. The first kappa shape index (κ1) is 10.7. The van der Waals surface area contributed by atoms with Crippen molar-refractivity contribution in [1.29, 1.82) is 0 Å². The number of halogens is 1. The predicted octanol–water partition coefficient (Wildman–Crippen LogP) is 0.806. The molecular formula is C9H9ClN2O2. The molecule has 0 atom stereocenters. The molecule has 0 spiro atoms. The van der Waals surface area contributed by atoms with Gasteiger partial charge in [-0.3, -0.25) is 9.59 Å². The van der Waals surface area contributed by atoms with Gasteiger partial charge in [-0.15, -0.1) is 0 Å². The summed E-state index contributed by atoms with van der Waals surface area (Å²) in [6.07, 6.45) is 0. The van der Waals surface area contributed by atoms with Crippen molar-refractivity contribution in [3.63, 3.8) is 0 Å². The van der Waals surface area contributed by atoms with Gasteiger partial charge in [0.25, 0.3) is 5.91 Å². The van der Waals surface area contributed by atoms with Gasteiger partial charge in [-0.1, -0.05) is 23.7 Å². The van der Waals surface area contributed by atoms with Crippen molar-refractivity contribution in [3.05, 3.63) is 29.3 Å². The standard InChI is InChI=1S/C9H9ClN2O2/c10-6-3-1-2-4-7(6)12-9(14)8(13)5-11/h1-4H,5,11H2,(H,12,14). The van der Waals surface area contributed by atoms with Crippen molar-refractivity contribution in [2.45, 2.75) is 0 Å². The van der Waals surface area contributed by atoms with Crippen LogP contribution in [0.25, 0.3) is 0 Å². The van der Waals surface area contributed by atoms with Crippen molar-refractivity contribution in [2.75, 3.05) is 11.9 Å². The summed E-state index contributed by atoms with van der Waals surface area (Å²) in [5, 5.41) is 2.74. The third kappa shape index (κ3) is 2.55. The molecule has 0 unspecified atom stereocenters. The van der Waals surface area contributed by atoms with Gasteiger partial charge < -0.3 is 11.1 Å². The number of nitrogens with two attached hydrogens (primary N) is 1. The smallest absolute Gasteiger partial charge is 0.293 e. The molecule has 1 aromatic carbocycles. The average molecular weight is 213 g/mol. The minimum absolute atomic E-state index is 0.309. The first-order chi connectivity index (χ1) is 6.65. The molecule has 0 saturated heterocycles. The molecule has 1 amide bonds. The number of carbonyl (C=O) groups excluding carboxylic acids is 2. The van der Waals surface area contributed by atoms with Crippen molar-refractivity contribution >= 4 is 29.0 Å². The van der Waals surface area contributed by atoms with Gasteiger partial charge in [0.05, 0.1) is 17.3 Å². The van der Waals surface area contributed by atoms with E-state index in [-0.39, 0.29) is 6.54 Å². The van der Waals surface area contributed by atoms with Crippen LogP contribution in [0.15, 0.2) is 24.3 Å². The molecule has 1 aromatic rings. The van der Waals surface area contributed by atoms with Gasteiger partial charge in [0, 0.05) is 0 Å². The topological polar surface area (TPSA) is 72.2 Å². The fourth-order valence-corrected chi connectivity index (χ4v) is 1.03. The minimum atomic E-state index is -0.749. The Bertz CT molecular complexity index is 366. The summed E-state index contributed by atoms with van der Waals surface area (Å²) in [5.74, 6) is -1.43. The summed E-state index contributed by atoms with van der Waals surface area (Å²) in [6.45, 7) is -0.309. The van der Waals surface area contributed by atoms with Crippen molar-refractivity contribution in [1.82, 2.24) is 0 Å². The lowest BCUT2D eigenvalue weighted by molar-refractivity contribution is -0.133. The van der Waals surface area contributed by atoms with Gasteiger partial charge in [-0.25, -0.2) is 0 Å². The molecule has 0 aliphatic rings. The Hall–Kier alpha value is -1.39. The third-order valence-electron chi connectivity index (χ3n) is 1.56. The molecule has 0 aromatic heterocycles. The van der Waals surface area contributed by atoms with Gasteiger partial charge in [0.1, 0.15) is 0 Å². The van der Waals surface area contributed by atoms with Crippen LogP contribution in [0.3, 0.4) is 0 Å². The van der Waals surface area contributed by atoms with Crippen LogP contribution in [0.4, 0.5) is 5.69 Å². The fourth-order valence-electron chi connectivity index (χ4n) is 0.847. The van der Waals surface area contributed by atoms with Gasteiger partial charge >= 0.3 is 0 Å². The van der Waals surface area contributed by atoms with Crippen molar-refractivity contribution in [3.8, 4) is 0 Å². The van der Waals surface area contributed by atoms with Crippen LogP contribution >= 0.6 is 11.6 Å². The van der Waals surface area contributed by atoms with Crippen LogP contribution < -0.4 is 11.1 Å². The number of carbonyl (C=O) groups is 2. The van der Waals surface area contributed by atoms with Crippen LogP contribution in [-0.2, 0) is 9.59 Å². The highest BCUT2D eigenvalue weighted by atomic mass is 35.5. The molecule has 0 fully saturated rings. The van der Waals surface area contributed by atoms with Crippen LogP contribution in [0.5, 0.6) is 0 Å². The minimum Gasteiger partial charge on any atom is -0.324 e. The highest BCUT2D eigenvalue weighted by molar-refractivity contribution is 6.42. The Balaban J connectivity index is 2.75. The van der Waals surface area contributed by atoms with Crippen LogP contribution in [-0.4, -0.2) is 18.2 Å². The highest BCUT2D eigenvalue weighted by Crippen LogP contribution is 2.19. The summed E-state index contributed by atoms with van der Waals surface area (Å²) >= 11 is 5.76. The maximum Gasteiger partial charge on any atom is 0.293 e. The zero-order valence-corrected chi connectivity index (χ0v) is 8.04. The van der Waals surface area contributed by atoms with E-state index in [0.717, 1.165) is 0 Å². The molecule has 5 heteroatoms. The normalized spacial score (nSPS) is 9.57. The number of anilines is 1. The van der Waals surface area contributed by atoms with Crippen molar-refractivity contribution in [2.24, 2.45) is 5.73 Å². The van der Waals surface area contributed by atoms with E-state index in [1.165, 1.54) is 0 Å². The quantitative estimate of drug-likeness (QED) is 0.729. The Labute approximate surface area is 86.0 Å². The molecule has 3 N–H and O–H groups in total. The lowest BCUT2D eigenvalue weighted by Gasteiger charge is -2.04. The fraction of sp³-hybridized carbons (Fsp3) is 0.111. The van der Waals surface area contributed by atoms with Gasteiger partial charge in [0.2, 0.25) is 5.78 Å². The molecule has 0 aliphatic heterocycles. The molecule has 0 bridgehead atoms. The highest BCUT2D eigenvalue weighted by Gasteiger charge is 2.12. The van der Waals surface area contributed by atoms with E-state index in [1.54, 1.807) is 24.3 Å². The second-order valence-corrected chi connectivity index (χ2v) is 2.97. The maximum absolute atomic E-state index is 11.1. The molecule has 4 nitrogen and oxygen atoms in total. The van der Waals surface area contributed by atoms with E-state index >= 15 is 0 Å². The molecule has 0 radical (unpaired) electrons. The number of nitrogens with one attached hydrogen (secondary N) is 1. The molecule has 0 saturated carbocycles. The van der Waals surface area contributed by atoms with Gasteiger partial charge in [-0.2, -0.15) is 0 Å². The number of para-hydroxylation sites is 1. The molecule has 14 heavy (non-hydrogen) atoms. The summed E-state index contributed by atoms with van der Waals surface area (Å²) in [6, 6.07) is 6.64. The van der Waals surface area contributed by atoms with Gasteiger partial charge in [0.15, 0.2) is 0 Å². The van der Waals surface area contributed by atoms with E-state index in [2.05, 4.69) is 5.32 Å². The zero-order chi connectivity index (χ0) is 10.6. The molecular weight excluding hydrogens is 204 g/mol. The van der Waals surface area contributed by atoms with E-state index in [0.29, 0.717) is 10.7 Å². The Morgan fingerprint density at radius 1 is 1.36 bits per heavy atom. The Kier molecular flexibility index (Phi) is 3.62. The summed E-state index contributed by atoms with van der Waals surface area (Å²) in [4.78, 5) is 21.9. The number of benzene rings is 1. The molecule has 1 rings (SSSR count). The van der Waals surface area contributed by atoms with Crippen LogP contribution in [0.2, 0.25) is 5.02 Å². The molecule has 0 heterocycles. The van der Waals surface area contributed by atoms with E-state index in [9.17, 15) is 9.59 Å². The maximum atomic E-state index is 11.1. The van der Waals surface area contributed by atoms with E-state index < -0.39 is 11.7 Å². The second-order valence-electron chi connectivity index (χ2n) is 2.56. The lowest BCUT2D eigenvalue weighted by Crippen LogP contribution is -2.29. The Morgan fingerprint density at radius 3 is 2.57 bits per heavy atom. The number of ketones is 1. The molecule has 0 aliphatic carbocycles. The Morgan fingerprint density at radius 2 is 2.00 bits per heavy atom. The van der Waals surface area contributed by atoms with E-state index in [4.69, 9.17) is 17.3 Å². The number of rotatable bonds is 3. The zero-order valence-electron chi connectivity index (χ0n) is 7.29.